The molecule has 0 spiro atoms. The molecule has 0 atom stereocenters. The van der Waals surface area contributed by atoms with E-state index < -0.39 is 0 Å². The molecule has 8 heteroatoms. The molecular weight excluding hydrogens is 402 g/mol. The third-order valence-electron chi connectivity index (χ3n) is 5.26. The van der Waals surface area contributed by atoms with Gasteiger partial charge in [0, 0.05) is 37.7 Å². The fourth-order valence-electron chi connectivity index (χ4n) is 3.55. The lowest BCUT2D eigenvalue weighted by Gasteiger charge is -2.34. The highest BCUT2D eigenvalue weighted by molar-refractivity contribution is 6.30. The Labute approximate surface area is 180 Å². The number of methoxy groups -OCH3 is 1. The zero-order valence-electron chi connectivity index (χ0n) is 17.1. The highest BCUT2D eigenvalue weighted by Crippen LogP contribution is 2.17. The third-order valence-corrected chi connectivity index (χ3v) is 5.51. The molecule has 0 saturated carbocycles. The van der Waals surface area contributed by atoms with Gasteiger partial charge in [-0.2, -0.15) is 0 Å². The number of aromatic nitrogens is 3. The first-order valence-electron chi connectivity index (χ1n) is 9.87. The molecule has 1 aliphatic rings. The number of rotatable bonds is 5. The summed E-state index contributed by atoms with van der Waals surface area (Å²) < 4.78 is 6.88. The van der Waals surface area contributed by atoms with E-state index in [9.17, 15) is 4.79 Å². The summed E-state index contributed by atoms with van der Waals surface area (Å²) in [4.78, 5) is 21.5. The van der Waals surface area contributed by atoms with Crippen molar-refractivity contribution in [2.75, 3.05) is 33.3 Å². The van der Waals surface area contributed by atoms with Gasteiger partial charge in [-0.3, -0.25) is 9.69 Å². The first-order valence-corrected chi connectivity index (χ1v) is 10.3. The van der Waals surface area contributed by atoms with E-state index in [0.29, 0.717) is 23.9 Å². The molecule has 7 nitrogen and oxygen atoms in total. The number of piperazine rings is 1. The van der Waals surface area contributed by atoms with Crippen LogP contribution >= 0.6 is 11.6 Å². The van der Waals surface area contributed by atoms with Crippen molar-refractivity contribution in [3.05, 3.63) is 70.8 Å². The maximum Gasteiger partial charge on any atom is 0.293 e. The van der Waals surface area contributed by atoms with E-state index in [1.165, 1.54) is 5.56 Å². The molecule has 0 bridgehead atoms. The van der Waals surface area contributed by atoms with Crippen LogP contribution in [0.25, 0.3) is 5.69 Å². The van der Waals surface area contributed by atoms with Crippen molar-refractivity contribution in [3.63, 3.8) is 0 Å². The first-order chi connectivity index (χ1) is 14.5. The van der Waals surface area contributed by atoms with Crippen LogP contribution in [0.1, 0.15) is 22.0 Å². The Morgan fingerprint density at radius 1 is 1.03 bits per heavy atom. The lowest BCUT2D eigenvalue weighted by Crippen LogP contribution is -2.48. The minimum absolute atomic E-state index is 0.130. The van der Waals surface area contributed by atoms with Crippen LogP contribution in [0.15, 0.2) is 48.5 Å². The molecule has 1 fully saturated rings. The van der Waals surface area contributed by atoms with Crippen LogP contribution in [0.2, 0.25) is 5.02 Å². The van der Waals surface area contributed by atoms with Crippen molar-refractivity contribution in [2.24, 2.45) is 0 Å². The Morgan fingerprint density at radius 3 is 2.33 bits per heavy atom. The third kappa shape index (κ3) is 4.47. The van der Waals surface area contributed by atoms with E-state index >= 15 is 0 Å². The summed E-state index contributed by atoms with van der Waals surface area (Å²) in [6.45, 7) is 5.64. The van der Waals surface area contributed by atoms with Crippen LogP contribution in [0.4, 0.5) is 0 Å². The molecule has 2 aromatic carbocycles. The number of carbonyl (C=O) groups excluding carboxylic acids is 1. The molecule has 2 heterocycles. The van der Waals surface area contributed by atoms with Crippen LogP contribution in [0, 0.1) is 6.92 Å². The summed E-state index contributed by atoms with van der Waals surface area (Å²) in [5.74, 6) is 1.62. The minimum atomic E-state index is -0.130. The van der Waals surface area contributed by atoms with E-state index in [-0.39, 0.29) is 11.7 Å². The number of benzene rings is 2. The van der Waals surface area contributed by atoms with Crippen molar-refractivity contribution in [1.29, 1.82) is 0 Å². The van der Waals surface area contributed by atoms with Crippen LogP contribution in [0.5, 0.6) is 5.75 Å². The van der Waals surface area contributed by atoms with Gasteiger partial charge in [0.1, 0.15) is 11.6 Å². The van der Waals surface area contributed by atoms with E-state index in [0.717, 1.165) is 31.1 Å². The molecule has 1 amide bonds. The second-order valence-corrected chi connectivity index (χ2v) is 7.72. The molecule has 0 aliphatic carbocycles. The Hall–Kier alpha value is -2.90. The molecule has 0 N–H and O–H groups in total. The van der Waals surface area contributed by atoms with Crippen LogP contribution in [-0.2, 0) is 6.54 Å². The summed E-state index contributed by atoms with van der Waals surface area (Å²) in [5, 5.41) is 5.09. The van der Waals surface area contributed by atoms with E-state index in [1.54, 1.807) is 23.9 Å². The summed E-state index contributed by atoms with van der Waals surface area (Å²) in [6, 6.07) is 15.4. The van der Waals surface area contributed by atoms with Crippen molar-refractivity contribution >= 4 is 17.5 Å². The zero-order chi connectivity index (χ0) is 21.1. The quantitative estimate of drug-likeness (QED) is 0.628. The van der Waals surface area contributed by atoms with E-state index in [1.807, 2.05) is 36.1 Å². The van der Waals surface area contributed by atoms with Crippen molar-refractivity contribution in [1.82, 2.24) is 24.6 Å². The summed E-state index contributed by atoms with van der Waals surface area (Å²) >= 11 is 5.96. The molecule has 156 valence electrons. The van der Waals surface area contributed by atoms with Crippen molar-refractivity contribution < 1.29 is 9.53 Å². The topological polar surface area (TPSA) is 63.5 Å². The van der Waals surface area contributed by atoms with Crippen LogP contribution in [0.3, 0.4) is 0 Å². The van der Waals surface area contributed by atoms with Gasteiger partial charge in [0.25, 0.3) is 5.91 Å². The molecule has 1 aromatic heterocycles. The standard InChI is InChI=1S/C22H24ClN5O2/c1-16-24-21(25-28(16)19-7-5-18(23)6-8-19)22(29)27-13-11-26(12-14-27)15-17-3-9-20(30-2)10-4-17/h3-10H,11-15H2,1-2H3. The summed E-state index contributed by atoms with van der Waals surface area (Å²) in [7, 11) is 1.67. The highest BCUT2D eigenvalue weighted by atomic mass is 35.5. The Kier molecular flexibility index (Phi) is 6.01. The number of hydrogen-bond donors (Lipinski definition) is 0. The monoisotopic (exact) mass is 425 g/mol. The van der Waals surface area contributed by atoms with Crippen LogP contribution < -0.4 is 4.74 Å². The molecule has 30 heavy (non-hydrogen) atoms. The summed E-state index contributed by atoms with van der Waals surface area (Å²) in [6.07, 6.45) is 0. The average Bonchev–Trinajstić information content (AvgIpc) is 3.16. The van der Waals surface area contributed by atoms with Gasteiger partial charge in [-0.1, -0.05) is 23.7 Å². The Bertz CT molecular complexity index is 1010. The maximum absolute atomic E-state index is 12.9. The van der Waals surface area contributed by atoms with Crippen LogP contribution in [-0.4, -0.2) is 63.8 Å². The predicted molar refractivity (Wildman–Crippen MR) is 115 cm³/mol. The maximum atomic E-state index is 12.9. The fourth-order valence-corrected chi connectivity index (χ4v) is 3.67. The number of ether oxygens (including phenoxy) is 1. The molecule has 0 radical (unpaired) electrons. The molecule has 1 aliphatic heterocycles. The lowest BCUT2D eigenvalue weighted by atomic mass is 10.2. The lowest BCUT2D eigenvalue weighted by molar-refractivity contribution is 0.0616. The van der Waals surface area contributed by atoms with Crippen molar-refractivity contribution in [3.8, 4) is 11.4 Å². The fraction of sp³-hybridized carbons (Fsp3) is 0.318. The number of hydrogen-bond acceptors (Lipinski definition) is 5. The van der Waals surface area contributed by atoms with Gasteiger partial charge in [-0.15, -0.1) is 5.10 Å². The van der Waals surface area contributed by atoms with Gasteiger partial charge in [-0.05, 0) is 48.9 Å². The van der Waals surface area contributed by atoms with Gasteiger partial charge in [0.15, 0.2) is 0 Å². The molecular formula is C22H24ClN5O2. The molecule has 4 rings (SSSR count). The second-order valence-electron chi connectivity index (χ2n) is 7.29. The molecule has 0 unspecified atom stereocenters. The minimum Gasteiger partial charge on any atom is -0.497 e. The van der Waals surface area contributed by atoms with Gasteiger partial charge >= 0.3 is 0 Å². The Balaban J connectivity index is 1.37. The largest absolute Gasteiger partial charge is 0.497 e. The second kappa shape index (κ2) is 8.85. The number of halogens is 1. The van der Waals surface area contributed by atoms with Crippen molar-refractivity contribution in [2.45, 2.75) is 13.5 Å². The average molecular weight is 426 g/mol. The van der Waals surface area contributed by atoms with Gasteiger partial charge in [0.05, 0.1) is 12.8 Å². The van der Waals surface area contributed by atoms with E-state index in [2.05, 4.69) is 27.1 Å². The highest BCUT2D eigenvalue weighted by Gasteiger charge is 2.25. The number of aryl methyl sites for hydroxylation is 1. The smallest absolute Gasteiger partial charge is 0.293 e. The molecule has 3 aromatic rings. The van der Waals surface area contributed by atoms with E-state index in [4.69, 9.17) is 16.3 Å². The van der Waals surface area contributed by atoms with Gasteiger partial charge in [-0.25, -0.2) is 9.67 Å². The number of nitrogens with zero attached hydrogens (tertiary/aromatic N) is 5. The van der Waals surface area contributed by atoms with Gasteiger partial charge < -0.3 is 9.64 Å². The predicted octanol–water partition coefficient (Wildman–Crippen LogP) is 3.20. The van der Waals surface area contributed by atoms with Gasteiger partial charge in [0.2, 0.25) is 5.82 Å². The number of carbonyl (C=O) groups is 1. The number of amides is 1. The normalized spacial score (nSPS) is 14.7. The zero-order valence-corrected chi connectivity index (χ0v) is 17.8. The first kappa shape index (κ1) is 20.4. The molecule has 1 saturated heterocycles. The SMILES string of the molecule is COc1ccc(CN2CCN(C(=O)c3nc(C)n(-c4ccc(Cl)cc4)n3)CC2)cc1. The Morgan fingerprint density at radius 2 is 1.70 bits per heavy atom. The summed E-state index contributed by atoms with van der Waals surface area (Å²) in [5.41, 5.74) is 2.06.